The fraction of sp³-hybridized carbons (Fsp3) is 0.320. The highest BCUT2D eigenvalue weighted by Crippen LogP contribution is 2.33. The molecule has 0 unspecified atom stereocenters. The van der Waals surface area contributed by atoms with Crippen molar-refractivity contribution in [2.24, 2.45) is 0 Å². The first-order valence-electron chi connectivity index (χ1n) is 11.0. The van der Waals surface area contributed by atoms with Crippen LogP contribution in [0.4, 0.5) is 5.69 Å². The van der Waals surface area contributed by atoms with Gasteiger partial charge in [0.1, 0.15) is 16.3 Å². The molecule has 0 aliphatic rings. The fourth-order valence-electron chi connectivity index (χ4n) is 3.18. The molecule has 1 heterocycles. The minimum atomic E-state index is -0.919. The lowest BCUT2D eigenvalue weighted by Gasteiger charge is -2.18. The lowest BCUT2D eigenvalue weighted by atomic mass is 10.2. The Morgan fingerprint density at radius 3 is 2.39 bits per heavy atom. The van der Waals surface area contributed by atoms with Gasteiger partial charge >= 0.3 is 5.97 Å². The molecule has 1 amide bonds. The molecule has 8 heteroatoms. The summed E-state index contributed by atoms with van der Waals surface area (Å²) in [6, 6.07) is 17.0. The first-order valence-corrected chi connectivity index (χ1v) is 11.8. The summed E-state index contributed by atoms with van der Waals surface area (Å²) in [4.78, 5) is 29.6. The number of hydrogen-bond acceptors (Lipinski definition) is 5. The summed E-state index contributed by atoms with van der Waals surface area (Å²) in [6.45, 7) is 6.28. The number of carboxylic acid groups (broad SMARTS) is 1. The number of carbonyl (C=O) groups excluding carboxylic acids is 1. The van der Waals surface area contributed by atoms with E-state index in [-0.39, 0.29) is 5.91 Å². The average Bonchev–Trinajstić information content (AvgIpc) is 3.23. The maximum Gasteiger partial charge on any atom is 0.319 e. The van der Waals surface area contributed by atoms with Gasteiger partial charge in [0.2, 0.25) is 0 Å². The van der Waals surface area contributed by atoms with Gasteiger partial charge in [-0.25, -0.2) is 4.98 Å². The molecular weight excluding hydrogens is 436 g/mol. The van der Waals surface area contributed by atoms with Crippen LogP contribution in [-0.2, 0) is 11.3 Å². The number of nitrogens with one attached hydrogen (secondary N) is 2. The van der Waals surface area contributed by atoms with Crippen LogP contribution in [-0.4, -0.2) is 31.3 Å². The SMILES string of the molecule is CCCCCn1cc(C(=O)NNc2ccccc2)nc1-c1ccc(SC(C)(C)C(=O)O)cc1. The largest absolute Gasteiger partial charge is 0.480 e. The number of carboxylic acids is 1. The Labute approximate surface area is 198 Å². The smallest absolute Gasteiger partial charge is 0.319 e. The van der Waals surface area contributed by atoms with E-state index in [1.807, 2.05) is 59.2 Å². The fourth-order valence-corrected chi connectivity index (χ4v) is 4.13. The van der Waals surface area contributed by atoms with E-state index in [0.717, 1.165) is 42.0 Å². The normalized spacial score (nSPS) is 11.2. The number of rotatable bonds is 11. The van der Waals surface area contributed by atoms with Crippen LogP contribution in [0.15, 0.2) is 65.7 Å². The Balaban J connectivity index is 1.79. The van der Waals surface area contributed by atoms with Gasteiger partial charge in [0.05, 0.1) is 5.69 Å². The van der Waals surface area contributed by atoms with Crippen molar-refractivity contribution < 1.29 is 14.7 Å². The topological polar surface area (TPSA) is 96.3 Å². The number of amides is 1. The maximum atomic E-state index is 12.7. The molecule has 2 aromatic carbocycles. The highest BCUT2D eigenvalue weighted by Gasteiger charge is 2.28. The van der Waals surface area contributed by atoms with Crippen molar-refractivity contribution in [2.45, 2.75) is 56.2 Å². The van der Waals surface area contributed by atoms with E-state index < -0.39 is 10.7 Å². The molecule has 3 rings (SSSR count). The van der Waals surface area contributed by atoms with Gasteiger partial charge in [-0.1, -0.05) is 50.1 Å². The zero-order valence-corrected chi connectivity index (χ0v) is 20.0. The number of para-hydroxylation sites is 1. The molecule has 1 aromatic heterocycles. The minimum Gasteiger partial charge on any atom is -0.480 e. The number of hydrogen-bond donors (Lipinski definition) is 3. The second kappa shape index (κ2) is 11.0. The van der Waals surface area contributed by atoms with E-state index in [0.29, 0.717) is 11.5 Å². The van der Waals surface area contributed by atoms with E-state index in [4.69, 9.17) is 0 Å². The van der Waals surface area contributed by atoms with Gasteiger partial charge in [-0.15, -0.1) is 11.8 Å². The van der Waals surface area contributed by atoms with Crippen molar-refractivity contribution in [1.29, 1.82) is 0 Å². The van der Waals surface area contributed by atoms with Crippen molar-refractivity contribution in [2.75, 3.05) is 5.43 Å². The van der Waals surface area contributed by atoms with Crippen molar-refractivity contribution in [3.05, 3.63) is 66.5 Å². The third-order valence-electron chi connectivity index (χ3n) is 5.11. The number of aliphatic carboxylic acids is 1. The van der Waals surface area contributed by atoms with Gasteiger partial charge in [-0.3, -0.25) is 20.4 Å². The number of thioether (sulfide) groups is 1. The summed E-state index contributed by atoms with van der Waals surface area (Å²) in [5, 5.41) is 9.37. The minimum absolute atomic E-state index is 0.315. The molecule has 0 aliphatic heterocycles. The maximum absolute atomic E-state index is 12.7. The first-order chi connectivity index (χ1) is 15.8. The molecular formula is C25H30N4O3S. The summed E-state index contributed by atoms with van der Waals surface area (Å²) >= 11 is 1.29. The number of hydrazine groups is 1. The van der Waals surface area contributed by atoms with Crippen LogP contribution >= 0.6 is 11.8 Å². The van der Waals surface area contributed by atoms with E-state index in [1.54, 1.807) is 20.0 Å². The van der Waals surface area contributed by atoms with E-state index in [1.165, 1.54) is 11.8 Å². The van der Waals surface area contributed by atoms with Gasteiger partial charge < -0.3 is 9.67 Å². The van der Waals surface area contributed by atoms with Gasteiger partial charge in [-0.2, -0.15) is 0 Å². The Kier molecular flexibility index (Phi) is 8.16. The first kappa shape index (κ1) is 24.4. The predicted molar refractivity (Wildman–Crippen MR) is 132 cm³/mol. The van der Waals surface area contributed by atoms with Crippen LogP contribution in [0.3, 0.4) is 0 Å². The Bertz CT molecular complexity index is 1080. The quantitative estimate of drug-likeness (QED) is 0.197. The number of aryl methyl sites for hydroxylation is 1. The number of anilines is 1. The van der Waals surface area contributed by atoms with Crippen molar-refractivity contribution >= 4 is 29.3 Å². The van der Waals surface area contributed by atoms with Crippen LogP contribution in [0.2, 0.25) is 0 Å². The van der Waals surface area contributed by atoms with Crippen LogP contribution in [0, 0.1) is 0 Å². The van der Waals surface area contributed by atoms with Crippen LogP contribution in [0.5, 0.6) is 0 Å². The van der Waals surface area contributed by atoms with Gasteiger partial charge in [0.25, 0.3) is 5.91 Å². The van der Waals surface area contributed by atoms with Crippen molar-refractivity contribution in [1.82, 2.24) is 15.0 Å². The van der Waals surface area contributed by atoms with Crippen molar-refractivity contribution in [3.8, 4) is 11.4 Å². The molecule has 0 bridgehead atoms. The highest BCUT2D eigenvalue weighted by atomic mass is 32.2. The molecule has 3 aromatic rings. The standard InChI is InChI=1S/C25H30N4O3S/c1-4-5-9-16-29-17-21(23(30)28-27-19-10-7-6-8-11-19)26-22(29)18-12-14-20(15-13-18)33-25(2,3)24(31)32/h6-8,10-15,17,27H,4-5,9,16H2,1-3H3,(H,28,30)(H,31,32). The zero-order chi connectivity index (χ0) is 23.8. The molecule has 0 saturated carbocycles. The third-order valence-corrected chi connectivity index (χ3v) is 6.30. The lowest BCUT2D eigenvalue weighted by Crippen LogP contribution is -2.29. The van der Waals surface area contributed by atoms with E-state index >= 15 is 0 Å². The summed E-state index contributed by atoms with van der Waals surface area (Å²) in [5.41, 5.74) is 7.59. The number of aromatic nitrogens is 2. The number of unbranched alkanes of at least 4 members (excludes halogenated alkanes) is 2. The van der Waals surface area contributed by atoms with Gasteiger partial charge in [0, 0.05) is 23.2 Å². The van der Waals surface area contributed by atoms with Crippen LogP contribution in [0.1, 0.15) is 50.5 Å². The molecule has 33 heavy (non-hydrogen) atoms. The number of benzene rings is 2. The summed E-state index contributed by atoms with van der Waals surface area (Å²) in [5.74, 6) is -0.461. The van der Waals surface area contributed by atoms with E-state index in [2.05, 4.69) is 22.8 Å². The Hall–Kier alpha value is -3.26. The molecule has 3 N–H and O–H groups in total. The average molecular weight is 467 g/mol. The van der Waals surface area contributed by atoms with Gasteiger partial charge in [0.15, 0.2) is 0 Å². The molecule has 0 atom stereocenters. The molecule has 174 valence electrons. The molecule has 0 aliphatic carbocycles. The Morgan fingerprint density at radius 1 is 1.06 bits per heavy atom. The second-order valence-electron chi connectivity index (χ2n) is 8.24. The van der Waals surface area contributed by atoms with Crippen LogP contribution < -0.4 is 10.9 Å². The van der Waals surface area contributed by atoms with Crippen LogP contribution in [0.25, 0.3) is 11.4 Å². The van der Waals surface area contributed by atoms with E-state index in [9.17, 15) is 14.7 Å². The molecule has 0 saturated heterocycles. The number of nitrogens with zero attached hydrogens (tertiary/aromatic N) is 2. The summed E-state index contributed by atoms with van der Waals surface area (Å²) in [7, 11) is 0. The van der Waals surface area contributed by atoms with Gasteiger partial charge in [-0.05, 0) is 44.5 Å². The highest BCUT2D eigenvalue weighted by molar-refractivity contribution is 8.01. The summed E-state index contributed by atoms with van der Waals surface area (Å²) < 4.78 is 1.09. The predicted octanol–water partition coefficient (Wildman–Crippen LogP) is 5.45. The third kappa shape index (κ3) is 6.61. The van der Waals surface area contributed by atoms with Crippen molar-refractivity contribution in [3.63, 3.8) is 0 Å². The number of carbonyl (C=O) groups is 2. The Morgan fingerprint density at radius 2 is 1.76 bits per heavy atom. The lowest BCUT2D eigenvalue weighted by molar-refractivity contribution is -0.138. The second-order valence-corrected chi connectivity index (χ2v) is 9.93. The number of imidazole rings is 1. The molecule has 0 radical (unpaired) electrons. The monoisotopic (exact) mass is 466 g/mol. The molecule has 7 nitrogen and oxygen atoms in total. The summed E-state index contributed by atoms with van der Waals surface area (Å²) in [6.07, 6.45) is 4.96. The zero-order valence-electron chi connectivity index (χ0n) is 19.2. The molecule has 0 spiro atoms. The molecule has 0 fully saturated rings.